The van der Waals surface area contributed by atoms with E-state index in [0.717, 1.165) is 23.4 Å². The third-order valence-electron chi connectivity index (χ3n) is 14.7. The molecule has 0 aliphatic heterocycles. The molecule has 58 heavy (non-hydrogen) atoms. The number of benzene rings is 7. The molecule has 0 radical (unpaired) electrons. The molecule has 0 heterocycles. The topological polar surface area (TPSA) is 3.24 Å². The minimum atomic E-state index is -0.103. The van der Waals surface area contributed by atoms with Crippen molar-refractivity contribution in [2.75, 3.05) is 4.90 Å². The second-order valence-corrected chi connectivity index (χ2v) is 19.0. The number of hydrogen-bond donors (Lipinski definition) is 0. The van der Waals surface area contributed by atoms with Crippen molar-refractivity contribution in [2.24, 2.45) is 17.8 Å². The molecule has 7 aromatic carbocycles. The number of rotatable bonds is 7. The van der Waals surface area contributed by atoms with Crippen molar-refractivity contribution in [1.82, 2.24) is 0 Å². The molecule has 0 spiro atoms. The van der Waals surface area contributed by atoms with Crippen LogP contribution in [0.4, 0.5) is 17.1 Å². The van der Waals surface area contributed by atoms with Crippen LogP contribution < -0.4 is 4.90 Å². The van der Waals surface area contributed by atoms with E-state index in [2.05, 4.69) is 190 Å². The Labute approximate surface area is 345 Å². The fourth-order valence-electron chi connectivity index (χ4n) is 12.3. The van der Waals surface area contributed by atoms with Crippen LogP contribution in [0.25, 0.3) is 44.5 Å². The number of nitrogens with zero attached hydrogens (tertiary/aromatic N) is 1. The number of hydrogen-bond acceptors (Lipinski definition) is 1. The Morgan fingerprint density at radius 2 is 0.983 bits per heavy atom. The van der Waals surface area contributed by atoms with Gasteiger partial charge in [0.2, 0.25) is 0 Å². The maximum absolute atomic E-state index is 2.50. The van der Waals surface area contributed by atoms with Crippen LogP contribution in [0.1, 0.15) is 80.2 Å². The molecule has 286 valence electrons. The summed E-state index contributed by atoms with van der Waals surface area (Å²) in [5.41, 5.74) is 20.9. The van der Waals surface area contributed by atoms with Crippen LogP contribution in [0.2, 0.25) is 0 Å². The predicted molar refractivity (Wildman–Crippen MR) is 244 cm³/mol. The lowest BCUT2D eigenvalue weighted by Crippen LogP contribution is -2.48. The lowest BCUT2D eigenvalue weighted by molar-refractivity contribution is -0.00518. The predicted octanol–water partition coefficient (Wildman–Crippen LogP) is 15.5. The van der Waals surface area contributed by atoms with Gasteiger partial charge in [-0.05, 0) is 168 Å². The molecule has 0 N–H and O–H groups in total. The molecule has 1 heteroatoms. The van der Waals surface area contributed by atoms with Crippen LogP contribution in [0.3, 0.4) is 0 Å². The summed E-state index contributed by atoms with van der Waals surface area (Å²) in [5, 5.41) is 0. The second kappa shape index (κ2) is 13.5. The zero-order valence-corrected chi connectivity index (χ0v) is 34.4. The molecule has 4 fully saturated rings. The van der Waals surface area contributed by atoms with Crippen LogP contribution in [-0.4, -0.2) is 0 Å². The molecule has 0 unspecified atom stereocenters. The molecular formula is C57H53N. The minimum absolute atomic E-state index is 0.103. The van der Waals surface area contributed by atoms with E-state index in [9.17, 15) is 0 Å². The average Bonchev–Trinajstić information content (AvgIpc) is 3.46. The van der Waals surface area contributed by atoms with Crippen LogP contribution in [0.5, 0.6) is 0 Å². The minimum Gasteiger partial charge on any atom is -0.310 e. The molecule has 0 atom stereocenters. The highest BCUT2D eigenvalue weighted by Crippen LogP contribution is 2.61. The van der Waals surface area contributed by atoms with Gasteiger partial charge in [-0.25, -0.2) is 0 Å². The van der Waals surface area contributed by atoms with Gasteiger partial charge in [0, 0.05) is 22.4 Å². The second-order valence-electron chi connectivity index (χ2n) is 19.0. The van der Waals surface area contributed by atoms with Gasteiger partial charge >= 0.3 is 0 Å². The Kier molecular flexibility index (Phi) is 8.23. The third-order valence-corrected chi connectivity index (χ3v) is 14.7. The monoisotopic (exact) mass is 751 g/mol. The van der Waals surface area contributed by atoms with Gasteiger partial charge in [0.05, 0.1) is 5.69 Å². The summed E-state index contributed by atoms with van der Waals surface area (Å²) in [5.74, 6) is 2.87. The zero-order chi connectivity index (χ0) is 39.2. The molecule has 0 aromatic heterocycles. The van der Waals surface area contributed by atoms with E-state index in [0.29, 0.717) is 5.41 Å². The zero-order valence-electron chi connectivity index (χ0n) is 34.4. The molecule has 12 rings (SSSR count). The molecule has 4 bridgehead atoms. The van der Waals surface area contributed by atoms with Gasteiger partial charge in [-0.1, -0.05) is 146 Å². The van der Waals surface area contributed by atoms with Gasteiger partial charge in [-0.15, -0.1) is 0 Å². The van der Waals surface area contributed by atoms with Crippen molar-refractivity contribution < 1.29 is 0 Å². The van der Waals surface area contributed by atoms with Crippen molar-refractivity contribution >= 4 is 17.1 Å². The van der Waals surface area contributed by atoms with E-state index in [1.54, 1.807) is 5.56 Å². The van der Waals surface area contributed by atoms with Gasteiger partial charge in [0.25, 0.3) is 0 Å². The van der Waals surface area contributed by atoms with E-state index in [-0.39, 0.29) is 5.41 Å². The van der Waals surface area contributed by atoms with Crippen LogP contribution >= 0.6 is 0 Å². The standard InChI is InChI=1S/C57H53N/c1-37-9-7-11-44(27-37)45-19-26-55(52(32-45)46-12-8-10-38(2)28-46)58(49-24-25-51-50-13-5-6-14-53(50)56(3,4)54(51)33-49)48-22-17-43(18-23-48)42-15-20-47(21-16-42)57-34-39-29-40(35-57)31-41(30-39)36-57/h5-28,32-33,39-41H,29-31,34-36H2,1-4H3. The van der Waals surface area contributed by atoms with Gasteiger partial charge in [-0.2, -0.15) is 0 Å². The first kappa shape index (κ1) is 35.5. The summed E-state index contributed by atoms with van der Waals surface area (Å²) in [6.45, 7) is 9.13. The van der Waals surface area contributed by atoms with E-state index in [1.165, 1.54) is 117 Å². The largest absolute Gasteiger partial charge is 0.310 e. The highest BCUT2D eigenvalue weighted by Gasteiger charge is 2.51. The van der Waals surface area contributed by atoms with Gasteiger partial charge < -0.3 is 4.90 Å². The Morgan fingerprint density at radius 3 is 1.66 bits per heavy atom. The molecule has 5 aliphatic carbocycles. The fourth-order valence-corrected chi connectivity index (χ4v) is 12.3. The van der Waals surface area contributed by atoms with E-state index >= 15 is 0 Å². The lowest BCUT2D eigenvalue weighted by Gasteiger charge is -2.57. The molecule has 4 saturated carbocycles. The normalized spacial score (nSPS) is 22.1. The smallest absolute Gasteiger partial charge is 0.0540 e. The molecule has 0 amide bonds. The lowest BCUT2D eigenvalue weighted by atomic mass is 9.48. The maximum Gasteiger partial charge on any atom is 0.0540 e. The summed E-state index contributed by atoms with van der Waals surface area (Å²) in [4.78, 5) is 2.50. The molecule has 1 nitrogen and oxygen atoms in total. The quantitative estimate of drug-likeness (QED) is 0.157. The number of anilines is 3. The maximum atomic E-state index is 2.50. The molecule has 0 saturated heterocycles. The summed E-state index contributed by atoms with van der Waals surface area (Å²) in [7, 11) is 0. The van der Waals surface area contributed by atoms with E-state index in [1.807, 2.05) is 0 Å². The summed E-state index contributed by atoms with van der Waals surface area (Å²) in [6.07, 6.45) is 8.69. The Balaban J connectivity index is 1.02. The van der Waals surface area contributed by atoms with Crippen molar-refractivity contribution in [1.29, 1.82) is 0 Å². The third kappa shape index (κ3) is 5.88. The molecule has 5 aliphatic rings. The van der Waals surface area contributed by atoms with Crippen molar-refractivity contribution in [3.63, 3.8) is 0 Å². The summed E-state index contributed by atoms with van der Waals surface area (Å²) < 4.78 is 0. The Bertz CT molecular complexity index is 2660. The van der Waals surface area contributed by atoms with Crippen LogP contribution in [-0.2, 0) is 10.8 Å². The summed E-state index contributed by atoms with van der Waals surface area (Å²) >= 11 is 0. The van der Waals surface area contributed by atoms with Crippen LogP contribution in [0.15, 0.2) is 158 Å². The Hall–Kier alpha value is -5.66. The number of aryl methyl sites for hydroxylation is 2. The van der Waals surface area contributed by atoms with Gasteiger partial charge in [-0.3, -0.25) is 0 Å². The molecular weight excluding hydrogens is 699 g/mol. The number of fused-ring (bicyclic) bond motifs is 3. The molecule has 7 aromatic rings. The van der Waals surface area contributed by atoms with E-state index < -0.39 is 0 Å². The van der Waals surface area contributed by atoms with Crippen molar-refractivity contribution in [3.8, 4) is 44.5 Å². The average molecular weight is 752 g/mol. The Morgan fingerprint density at radius 1 is 0.431 bits per heavy atom. The van der Waals surface area contributed by atoms with Gasteiger partial charge in [0.15, 0.2) is 0 Å². The van der Waals surface area contributed by atoms with Crippen molar-refractivity contribution in [2.45, 2.75) is 77.0 Å². The fraction of sp³-hybridized carbons (Fsp3) is 0.263. The highest BCUT2D eigenvalue weighted by atomic mass is 15.1. The van der Waals surface area contributed by atoms with E-state index in [4.69, 9.17) is 0 Å². The first-order valence-electron chi connectivity index (χ1n) is 21.7. The first-order chi connectivity index (χ1) is 28.2. The summed E-state index contributed by atoms with van der Waals surface area (Å²) in [6, 6.07) is 60.1. The van der Waals surface area contributed by atoms with Crippen LogP contribution in [0, 0.1) is 31.6 Å². The van der Waals surface area contributed by atoms with Crippen molar-refractivity contribution in [3.05, 3.63) is 186 Å². The van der Waals surface area contributed by atoms with Gasteiger partial charge in [0.1, 0.15) is 0 Å². The first-order valence-corrected chi connectivity index (χ1v) is 21.7. The SMILES string of the molecule is Cc1cccc(-c2ccc(N(c3ccc(-c4ccc(C56CC7CC(CC(C7)C5)C6)cc4)cc3)c3ccc4c(c3)C(C)(C)c3ccccc3-4)c(-c3cccc(C)c3)c2)c1. The highest BCUT2D eigenvalue weighted by molar-refractivity contribution is 5.93.